The summed E-state index contributed by atoms with van der Waals surface area (Å²) in [6.07, 6.45) is 2.36. The highest BCUT2D eigenvalue weighted by Gasteiger charge is 2.48. The second-order valence-electron chi connectivity index (χ2n) is 9.45. The van der Waals surface area contributed by atoms with Crippen LogP contribution < -0.4 is 4.90 Å². The number of rotatable bonds is 6. The molecule has 2 aliphatic rings. The number of amides is 2. The lowest BCUT2D eigenvalue weighted by Crippen LogP contribution is -2.63. The highest BCUT2D eigenvalue weighted by atomic mass is 16.6. The first-order valence-corrected chi connectivity index (χ1v) is 11.3. The summed E-state index contributed by atoms with van der Waals surface area (Å²) in [5.74, 6) is -0.0668. The predicted octanol–water partition coefficient (Wildman–Crippen LogP) is 4.00. The second kappa shape index (κ2) is 10.0. The van der Waals surface area contributed by atoms with Crippen molar-refractivity contribution in [2.45, 2.75) is 70.7 Å². The molecule has 0 aliphatic carbocycles. The zero-order valence-corrected chi connectivity index (χ0v) is 19.3. The lowest BCUT2D eigenvalue weighted by molar-refractivity contribution is -0.173. The van der Waals surface area contributed by atoms with E-state index < -0.39 is 17.3 Å². The quantitative estimate of drug-likeness (QED) is 0.636. The van der Waals surface area contributed by atoms with Gasteiger partial charge < -0.3 is 24.0 Å². The molecule has 7 nitrogen and oxygen atoms in total. The number of carbonyl (C=O) groups is 2. The van der Waals surface area contributed by atoms with Crippen molar-refractivity contribution in [2.24, 2.45) is 0 Å². The van der Waals surface area contributed by atoms with E-state index in [1.54, 1.807) is 4.90 Å². The van der Waals surface area contributed by atoms with Crippen LogP contribution >= 0.6 is 0 Å². The number of carbonyl (C=O) groups excluding carboxylic acids is 2. The molecule has 1 aromatic carbocycles. The van der Waals surface area contributed by atoms with Gasteiger partial charge in [-0.05, 0) is 52.2 Å². The molecule has 2 aliphatic heterocycles. The third-order valence-corrected chi connectivity index (χ3v) is 5.69. The number of benzene rings is 1. The number of hydrogen-bond donors (Lipinski definition) is 0. The number of ether oxygens (including phenoxy) is 3. The summed E-state index contributed by atoms with van der Waals surface area (Å²) < 4.78 is 17.7. The van der Waals surface area contributed by atoms with E-state index in [0.29, 0.717) is 39.1 Å². The van der Waals surface area contributed by atoms with E-state index in [4.69, 9.17) is 14.2 Å². The average molecular weight is 433 g/mol. The Kier molecular flexibility index (Phi) is 7.59. The Morgan fingerprint density at radius 3 is 2.48 bits per heavy atom. The van der Waals surface area contributed by atoms with E-state index >= 15 is 0 Å². The first-order valence-electron chi connectivity index (χ1n) is 11.3. The van der Waals surface area contributed by atoms with Gasteiger partial charge in [-0.15, -0.1) is 0 Å². The Hall–Kier alpha value is -2.12. The van der Waals surface area contributed by atoms with Crippen molar-refractivity contribution in [1.29, 1.82) is 0 Å². The molecular weight excluding hydrogens is 396 g/mol. The molecule has 172 valence electrons. The van der Waals surface area contributed by atoms with E-state index in [-0.39, 0.29) is 18.6 Å². The van der Waals surface area contributed by atoms with Gasteiger partial charge in [0.2, 0.25) is 0 Å². The number of anilines is 1. The molecule has 0 bridgehead atoms. The van der Waals surface area contributed by atoms with Crippen molar-refractivity contribution in [2.75, 3.05) is 37.7 Å². The van der Waals surface area contributed by atoms with Crippen molar-refractivity contribution < 1.29 is 23.8 Å². The Bertz CT molecular complexity index is 738. The van der Waals surface area contributed by atoms with Crippen LogP contribution in [0.5, 0.6) is 0 Å². The summed E-state index contributed by atoms with van der Waals surface area (Å²) in [6, 6.07) is 9.70. The standard InChI is InChI=1S/C24H36N2O5/c1-5-6-16-29-17-20-21(27)26(19-10-8-7-9-11-19)18-24(30-20)12-14-25(15-13-24)22(28)31-23(2,3)4/h7-11,20H,5-6,12-18H2,1-4H3. The van der Waals surface area contributed by atoms with Crippen LogP contribution in [0.15, 0.2) is 30.3 Å². The third kappa shape index (κ3) is 6.20. The van der Waals surface area contributed by atoms with E-state index in [1.807, 2.05) is 56.0 Å². The number of unbranched alkanes of at least 4 members (excludes halogenated alkanes) is 1. The van der Waals surface area contributed by atoms with E-state index in [0.717, 1.165) is 18.5 Å². The predicted molar refractivity (Wildman–Crippen MR) is 119 cm³/mol. The summed E-state index contributed by atoms with van der Waals surface area (Å²) in [4.78, 5) is 29.2. The molecule has 0 radical (unpaired) electrons. The fraction of sp³-hybridized carbons (Fsp3) is 0.667. The SMILES string of the molecule is CCCCOCC1OC2(CCN(C(=O)OC(C)(C)C)CC2)CN(c2ccccc2)C1=O. The van der Waals surface area contributed by atoms with Gasteiger partial charge in [-0.1, -0.05) is 31.5 Å². The number of hydrogen-bond acceptors (Lipinski definition) is 5. The molecule has 31 heavy (non-hydrogen) atoms. The van der Waals surface area contributed by atoms with Crippen molar-refractivity contribution >= 4 is 17.7 Å². The van der Waals surface area contributed by atoms with Crippen LogP contribution in [0.4, 0.5) is 10.5 Å². The fourth-order valence-electron chi connectivity index (χ4n) is 4.00. The zero-order valence-electron chi connectivity index (χ0n) is 19.3. The van der Waals surface area contributed by atoms with Gasteiger partial charge in [-0.3, -0.25) is 4.79 Å². The minimum atomic E-state index is -0.640. The van der Waals surface area contributed by atoms with Gasteiger partial charge >= 0.3 is 6.09 Å². The summed E-state index contributed by atoms with van der Waals surface area (Å²) in [6.45, 7) is 10.1. The molecule has 1 unspecified atom stereocenters. The molecule has 2 amide bonds. The number of likely N-dealkylation sites (tertiary alicyclic amines) is 1. The lowest BCUT2D eigenvalue weighted by atomic mass is 9.88. The Morgan fingerprint density at radius 2 is 1.87 bits per heavy atom. The first kappa shape index (κ1) is 23.5. The zero-order chi connectivity index (χ0) is 22.5. The van der Waals surface area contributed by atoms with E-state index in [9.17, 15) is 9.59 Å². The van der Waals surface area contributed by atoms with Crippen molar-refractivity contribution in [1.82, 2.24) is 4.90 Å². The molecule has 7 heteroatoms. The molecule has 2 heterocycles. The Labute approximate surface area is 185 Å². The summed E-state index contributed by atoms with van der Waals surface area (Å²) in [5, 5.41) is 0. The minimum Gasteiger partial charge on any atom is -0.444 e. The van der Waals surface area contributed by atoms with Gasteiger partial charge in [-0.25, -0.2) is 4.79 Å². The first-order chi connectivity index (χ1) is 14.7. The molecule has 0 aromatic heterocycles. The topological polar surface area (TPSA) is 68.3 Å². The number of morpholine rings is 1. The van der Waals surface area contributed by atoms with Gasteiger partial charge in [0, 0.05) is 25.4 Å². The second-order valence-corrected chi connectivity index (χ2v) is 9.45. The fourth-order valence-corrected chi connectivity index (χ4v) is 4.00. The summed E-state index contributed by atoms with van der Waals surface area (Å²) in [7, 11) is 0. The summed E-state index contributed by atoms with van der Waals surface area (Å²) >= 11 is 0. The summed E-state index contributed by atoms with van der Waals surface area (Å²) in [5.41, 5.74) is -0.158. The molecule has 1 aromatic rings. The Balaban J connectivity index is 1.71. The number of nitrogens with zero attached hydrogens (tertiary/aromatic N) is 2. The molecular formula is C24H36N2O5. The molecule has 2 fully saturated rings. The maximum absolute atomic E-state index is 13.2. The van der Waals surface area contributed by atoms with E-state index in [1.165, 1.54) is 0 Å². The van der Waals surface area contributed by atoms with Gasteiger partial charge in [0.25, 0.3) is 5.91 Å². The van der Waals surface area contributed by atoms with Crippen LogP contribution in [0.3, 0.4) is 0 Å². The van der Waals surface area contributed by atoms with Gasteiger partial charge in [0.05, 0.1) is 18.8 Å². The van der Waals surface area contributed by atoms with Crippen LogP contribution in [0, 0.1) is 0 Å². The molecule has 0 saturated carbocycles. The van der Waals surface area contributed by atoms with Crippen LogP contribution in [0.25, 0.3) is 0 Å². The van der Waals surface area contributed by atoms with Gasteiger partial charge in [-0.2, -0.15) is 0 Å². The van der Waals surface area contributed by atoms with Crippen LogP contribution in [0.1, 0.15) is 53.4 Å². The maximum atomic E-state index is 13.2. The molecule has 3 rings (SSSR count). The Morgan fingerprint density at radius 1 is 1.19 bits per heavy atom. The van der Waals surface area contributed by atoms with Crippen molar-refractivity contribution in [3.8, 4) is 0 Å². The maximum Gasteiger partial charge on any atom is 0.410 e. The minimum absolute atomic E-state index is 0.0668. The van der Waals surface area contributed by atoms with Crippen LogP contribution in [-0.4, -0.2) is 67.1 Å². The smallest absolute Gasteiger partial charge is 0.410 e. The number of piperidine rings is 1. The highest BCUT2D eigenvalue weighted by Crippen LogP contribution is 2.35. The van der Waals surface area contributed by atoms with Crippen molar-refractivity contribution in [3.63, 3.8) is 0 Å². The molecule has 1 atom stereocenters. The average Bonchev–Trinajstić information content (AvgIpc) is 2.73. The monoisotopic (exact) mass is 432 g/mol. The van der Waals surface area contributed by atoms with Crippen molar-refractivity contribution in [3.05, 3.63) is 30.3 Å². The highest BCUT2D eigenvalue weighted by molar-refractivity contribution is 5.97. The third-order valence-electron chi connectivity index (χ3n) is 5.69. The van der Waals surface area contributed by atoms with E-state index in [2.05, 4.69) is 6.92 Å². The lowest BCUT2D eigenvalue weighted by Gasteiger charge is -2.49. The molecule has 1 spiro atoms. The normalized spacial score (nSPS) is 21.4. The number of para-hydroxylation sites is 1. The van der Waals surface area contributed by atoms with Crippen LogP contribution in [-0.2, 0) is 19.0 Å². The molecule has 2 saturated heterocycles. The molecule has 0 N–H and O–H groups in total. The largest absolute Gasteiger partial charge is 0.444 e. The van der Waals surface area contributed by atoms with Gasteiger partial charge in [0.15, 0.2) is 6.10 Å². The van der Waals surface area contributed by atoms with Crippen LogP contribution in [0.2, 0.25) is 0 Å². The van der Waals surface area contributed by atoms with Gasteiger partial charge in [0.1, 0.15) is 5.60 Å².